The van der Waals surface area contributed by atoms with Gasteiger partial charge in [-0.05, 0) is 45.1 Å². The molecule has 17 nitrogen and oxygen atoms in total. The molecule has 17 heteroatoms. The van der Waals surface area contributed by atoms with E-state index >= 15 is 0 Å². The molecule has 0 radical (unpaired) electrons. The number of aromatic amines is 1. The maximum absolute atomic E-state index is 13.2. The summed E-state index contributed by atoms with van der Waals surface area (Å²) in [5, 5.41) is 26.0. The lowest BCUT2D eigenvalue weighted by atomic mass is 10.0. The van der Waals surface area contributed by atoms with Gasteiger partial charge < -0.3 is 54.1 Å². The Hall–Kier alpha value is -4.25. The fraction of sp³-hybridized carbons (Fsp3) is 0.609. The van der Waals surface area contributed by atoms with Gasteiger partial charge in [-0.2, -0.15) is 0 Å². The Morgan fingerprint density at radius 3 is 2.05 bits per heavy atom. The molecule has 0 aliphatic carbocycles. The second-order valence-electron chi connectivity index (χ2n) is 9.07. The van der Waals surface area contributed by atoms with Crippen LogP contribution in [0.2, 0.25) is 0 Å². The van der Waals surface area contributed by atoms with Crippen molar-refractivity contribution in [3.63, 3.8) is 0 Å². The molecule has 0 aromatic carbocycles. The summed E-state index contributed by atoms with van der Waals surface area (Å²) in [7, 11) is 0. The molecule has 0 bridgehead atoms. The topological polar surface area (TPSA) is 307 Å². The first-order valence-corrected chi connectivity index (χ1v) is 12.8. The Morgan fingerprint density at radius 2 is 1.50 bits per heavy atom. The summed E-state index contributed by atoms with van der Waals surface area (Å²) in [5.41, 5.74) is 22.6. The minimum Gasteiger partial charge on any atom is -0.481 e. The van der Waals surface area contributed by atoms with Gasteiger partial charge in [-0.15, -0.1) is 0 Å². The van der Waals surface area contributed by atoms with Crippen LogP contribution in [0.3, 0.4) is 0 Å². The molecular formula is C23H40N10O7. The van der Waals surface area contributed by atoms with Gasteiger partial charge in [-0.1, -0.05) is 0 Å². The normalized spacial score (nSPS) is 13.8. The highest BCUT2D eigenvalue weighted by molar-refractivity contribution is 5.94. The average Bonchev–Trinajstić information content (AvgIpc) is 3.40. The highest BCUT2D eigenvalue weighted by Crippen LogP contribution is 2.07. The monoisotopic (exact) mass is 568 g/mol. The van der Waals surface area contributed by atoms with Crippen LogP contribution in [0.1, 0.15) is 50.6 Å². The van der Waals surface area contributed by atoms with Crippen LogP contribution < -0.4 is 38.9 Å². The van der Waals surface area contributed by atoms with E-state index < -0.39 is 60.2 Å². The molecule has 0 spiro atoms. The number of hydrogen-bond donors (Lipinski definition) is 10. The molecule has 0 aliphatic rings. The van der Waals surface area contributed by atoms with Crippen molar-refractivity contribution in [1.82, 2.24) is 25.9 Å². The Balaban J connectivity index is 3.02. The van der Waals surface area contributed by atoms with Crippen molar-refractivity contribution in [1.29, 1.82) is 0 Å². The fourth-order valence-corrected chi connectivity index (χ4v) is 3.61. The van der Waals surface area contributed by atoms with E-state index in [-0.39, 0.29) is 44.6 Å². The maximum atomic E-state index is 13.2. The Morgan fingerprint density at radius 1 is 0.900 bits per heavy atom. The molecule has 40 heavy (non-hydrogen) atoms. The number of carboxylic acids is 2. The zero-order valence-corrected chi connectivity index (χ0v) is 22.2. The largest absolute Gasteiger partial charge is 0.481 e. The average molecular weight is 569 g/mol. The van der Waals surface area contributed by atoms with Gasteiger partial charge in [0.15, 0.2) is 5.96 Å². The third kappa shape index (κ3) is 13.5. The highest BCUT2D eigenvalue weighted by Gasteiger charge is 2.30. The third-order valence-electron chi connectivity index (χ3n) is 5.75. The summed E-state index contributed by atoms with van der Waals surface area (Å²) in [4.78, 5) is 72.2. The fourth-order valence-electron chi connectivity index (χ4n) is 3.61. The molecule has 0 fully saturated rings. The quantitative estimate of drug-likeness (QED) is 0.0424. The summed E-state index contributed by atoms with van der Waals surface area (Å²) in [5.74, 6) is -4.98. The van der Waals surface area contributed by atoms with Crippen molar-refractivity contribution in [2.24, 2.45) is 27.9 Å². The molecule has 224 valence electrons. The van der Waals surface area contributed by atoms with Gasteiger partial charge in [0.25, 0.3) is 0 Å². The van der Waals surface area contributed by atoms with Crippen molar-refractivity contribution in [3.8, 4) is 0 Å². The number of nitrogens with two attached hydrogens (primary N) is 4. The van der Waals surface area contributed by atoms with Crippen LogP contribution in [-0.2, 0) is 30.4 Å². The van der Waals surface area contributed by atoms with Gasteiger partial charge in [-0.25, -0.2) is 9.78 Å². The van der Waals surface area contributed by atoms with Gasteiger partial charge >= 0.3 is 11.9 Å². The predicted molar refractivity (Wildman–Crippen MR) is 143 cm³/mol. The molecule has 3 amide bonds. The number of aromatic nitrogens is 2. The second-order valence-corrected chi connectivity index (χ2v) is 9.07. The number of aliphatic imine (C=N–C) groups is 1. The molecule has 1 rings (SSSR count). The summed E-state index contributed by atoms with van der Waals surface area (Å²) in [6.07, 6.45) is 3.62. The minimum atomic E-state index is -1.34. The molecule has 1 heterocycles. The first-order valence-electron chi connectivity index (χ1n) is 12.8. The minimum absolute atomic E-state index is 0.0163. The Kier molecular flexibility index (Phi) is 15.3. The summed E-state index contributed by atoms with van der Waals surface area (Å²) < 4.78 is 0. The number of amides is 3. The third-order valence-corrected chi connectivity index (χ3v) is 5.75. The molecule has 1 aromatic heterocycles. The number of H-pyrrole nitrogens is 1. The smallest absolute Gasteiger partial charge is 0.326 e. The number of carbonyl (C=O) groups is 5. The lowest BCUT2D eigenvalue weighted by Crippen LogP contribution is -2.57. The lowest BCUT2D eigenvalue weighted by Gasteiger charge is -2.25. The standard InChI is InChI=1S/C23H40N10O7/c24-8-2-1-4-17(22(39)40)33-20(37)15(5-3-9-29-23(26)27)32-21(38)16(6-7-18(34)35)31-19(36)14(25)10-13-11-28-12-30-13/h11-12,14-17H,1-10,24-25H2,(H,28,30)(H,31,36)(H,32,38)(H,33,37)(H,34,35)(H,39,40)(H4,26,27,29). The van der Waals surface area contributed by atoms with Crippen molar-refractivity contribution >= 4 is 35.6 Å². The molecule has 0 saturated carbocycles. The molecule has 1 aromatic rings. The summed E-state index contributed by atoms with van der Waals surface area (Å²) >= 11 is 0. The number of hydrogen-bond acceptors (Lipinski definition) is 9. The number of carbonyl (C=O) groups excluding carboxylic acids is 3. The molecule has 4 atom stereocenters. The summed E-state index contributed by atoms with van der Waals surface area (Å²) in [6.45, 7) is 0.487. The van der Waals surface area contributed by atoms with E-state index in [1.165, 1.54) is 12.5 Å². The van der Waals surface area contributed by atoms with Crippen LogP contribution in [0.5, 0.6) is 0 Å². The Labute approximate surface area is 230 Å². The van der Waals surface area contributed by atoms with Crippen molar-refractivity contribution in [2.75, 3.05) is 13.1 Å². The van der Waals surface area contributed by atoms with Gasteiger partial charge in [-0.3, -0.25) is 24.2 Å². The van der Waals surface area contributed by atoms with Crippen LogP contribution in [0.25, 0.3) is 0 Å². The molecule has 4 unspecified atom stereocenters. The number of rotatable bonds is 20. The van der Waals surface area contributed by atoms with Gasteiger partial charge in [0.05, 0.1) is 12.4 Å². The van der Waals surface area contributed by atoms with E-state index in [4.69, 9.17) is 28.0 Å². The predicted octanol–water partition coefficient (Wildman–Crippen LogP) is -3.13. The van der Waals surface area contributed by atoms with Crippen molar-refractivity contribution in [2.45, 2.75) is 75.5 Å². The van der Waals surface area contributed by atoms with Gasteiger partial charge in [0.2, 0.25) is 17.7 Å². The molecular weight excluding hydrogens is 528 g/mol. The zero-order valence-electron chi connectivity index (χ0n) is 22.2. The van der Waals surface area contributed by atoms with Crippen LogP contribution in [0.15, 0.2) is 17.5 Å². The van der Waals surface area contributed by atoms with E-state index in [2.05, 4.69) is 30.9 Å². The molecule has 14 N–H and O–H groups in total. The number of unbranched alkanes of at least 4 members (excludes halogenated alkanes) is 1. The van der Waals surface area contributed by atoms with E-state index in [0.717, 1.165) is 0 Å². The number of imidazole rings is 1. The van der Waals surface area contributed by atoms with Gasteiger partial charge in [0, 0.05) is 31.3 Å². The zero-order chi connectivity index (χ0) is 30.1. The van der Waals surface area contributed by atoms with Crippen LogP contribution in [-0.4, -0.2) is 93.1 Å². The van der Waals surface area contributed by atoms with E-state index in [0.29, 0.717) is 25.1 Å². The lowest BCUT2D eigenvalue weighted by molar-refractivity contribution is -0.142. The van der Waals surface area contributed by atoms with Crippen LogP contribution in [0, 0.1) is 0 Å². The number of nitrogens with one attached hydrogen (secondary N) is 4. The number of guanidine groups is 1. The van der Waals surface area contributed by atoms with E-state index in [1.54, 1.807) is 0 Å². The van der Waals surface area contributed by atoms with E-state index in [1.807, 2.05) is 0 Å². The number of carboxylic acid groups (broad SMARTS) is 2. The van der Waals surface area contributed by atoms with Crippen molar-refractivity contribution < 1.29 is 34.2 Å². The van der Waals surface area contributed by atoms with Crippen LogP contribution in [0.4, 0.5) is 0 Å². The number of aliphatic carboxylic acids is 2. The number of nitrogens with zero attached hydrogens (tertiary/aromatic N) is 2. The van der Waals surface area contributed by atoms with Crippen molar-refractivity contribution in [3.05, 3.63) is 18.2 Å². The van der Waals surface area contributed by atoms with E-state index in [9.17, 15) is 29.1 Å². The van der Waals surface area contributed by atoms with Gasteiger partial charge in [0.1, 0.15) is 18.1 Å². The summed E-state index contributed by atoms with van der Waals surface area (Å²) in [6, 6.07) is -4.88. The maximum Gasteiger partial charge on any atom is 0.326 e. The molecule has 0 saturated heterocycles. The SMILES string of the molecule is NCCCCC(NC(=O)C(CCCN=C(N)N)NC(=O)C(CCC(=O)O)NC(=O)C(N)Cc1cnc[nH]1)C(=O)O. The van der Waals surface area contributed by atoms with Crippen LogP contribution >= 0.6 is 0 Å². The molecule has 0 aliphatic heterocycles. The second kappa shape index (κ2) is 18.1. The Bertz CT molecular complexity index is 998. The highest BCUT2D eigenvalue weighted by atomic mass is 16.4. The first kappa shape index (κ1) is 33.8. The first-order chi connectivity index (χ1) is 18.9.